The van der Waals surface area contributed by atoms with Gasteiger partial charge in [-0.1, -0.05) is 12.8 Å². The van der Waals surface area contributed by atoms with Crippen LogP contribution < -0.4 is 0 Å². The lowest BCUT2D eigenvalue weighted by molar-refractivity contribution is 0.192. The Morgan fingerprint density at radius 3 is 2.52 bits per heavy atom. The van der Waals surface area contributed by atoms with E-state index < -0.39 is 0 Å². The molecule has 3 nitrogen and oxygen atoms in total. The Balaban J connectivity index is 1.53. The minimum atomic E-state index is 0.727. The molecule has 3 rings (SSSR count). The molecule has 0 amide bonds. The van der Waals surface area contributed by atoms with Gasteiger partial charge in [-0.3, -0.25) is 9.80 Å². The number of likely N-dealkylation sites (tertiary alicyclic amines) is 2. The zero-order valence-corrected chi connectivity index (χ0v) is 15.8. The standard InChI is InChI=1S/C19H33N3S/c1-20(2)18-8-4-7-11-22(14-18)15-19-12-17(16-23-19)13-21-9-5-3-6-10-21/h12,16,18H,3-11,13-15H2,1-2H3/t18-/m0/s1. The van der Waals surface area contributed by atoms with Gasteiger partial charge in [-0.25, -0.2) is 0 Å². The predicted molar refractivity (Wildman–Crippen MR) is 100 cm³/mol. The number of thiophene rings is 1. The van der Waals surface area contributed by atoms with E-state index in [1.165, 1.54) is 70.3 Å². The van der Waals surface area contributed by atoms with Crippen LogP contribution in [0.4, 0.5) is 0 Å². The van der Waals surface area contributed by atoms with Crippen molar-refractivity contribution < 1.29 is 0 Å². The SMILES string of the molecule is CN(C)[C@H]1CCCCN(Cc2cc(CN3CCCCC3)cs2)C1. The summed E-state index contributed by atoms with van der Waals surface area (Å²) in [4.78, 5) is 9.27. The van der Waals surface area contributed by atoms with Crippen LogP contribution in [-0.2, 0) is 13.1 Å². The lowest BCUT2D eigenvalue weighted by Gasteiger charge is -2.28. The van der Waals surface area contributed by atoms with Gasteiger partial charge in [-0.15, -0.1) is 11.3 Å². The lowest BCUT2D eigenvalue weighted by atomic mass is 10.1. The molecule has 1 aromatic rings. The van der Waals surface area contributed by atoms with Crippen LogP contribution in [0.25, 0.3) is 0 Å². The van der Waals surface area contributed by atoms with Gasteiger partial charge in [0.05, 0.1) is 0 Å². The Hall–Kier alpha value is -0.420. The summed E-state index contributed by atoms with van der Waals surface area (Å²) in [5.74, 6) is 0. The number of hydrogen-bond acceptors (Lipinski definition) is 4. The molecule has 1 atom stereocenters. The van der Waals surface area contributed by atoms with Crippen molar-refractivity contribution in [1.29, 1.82) is 0 Å². The summed E-state index contributed by atoms with van der Waals surface area (Å²) >= 11 is 1.97. The number of hydrogen-bond donors (Lipinski definition) is 0. The first-order valence-electron chi connectivity index (χ1n) is 9.38. The fourth-order valence-electron chi connectivity index (χ4n) is 3.95. The first-order chi connectivity index (χ1) is 11.2. The summed E-state index contributed by atoms with van der Waals surface area (Å²) in [5, 5.41) is 2.39. The van der Waals surface area contributed by atoms with Crippen molar-refractivity contribution in [2.45, 2.75) is 57.7 Å². The normalized spacial score (nSPS) is 24.9. The average molecular weight is 336 g/mol. The second-order valence-electron chi connectivity index (χ2n) is 7.61. The van der Waals surface area contributed by atoms with E-state index in [-0.39, 0.29) is 0 Å². The van der Waals surface area contributed by atoms with Crippen molar-refractivity contribution in [3.63, 3.8) is 0 Å². The molecule has 4 heteroatoms. The summed E-state index contributed by atoms with van der Waals surface area (Å²) < 4.78 is 0. The van der Waals surface area contributed by atoms with Crippen LogP contribution in [0.3, 0.4) is 0 Å². The van der Waals surface area contributed by atoms with Gasteiger partial charge >= 0.3 is 0 Å². The Kier molecular flexibility index (Phi) is 6.52. The molecular weight excluding hydrogens is 302 g/mol. The van der Waals surface area contributed by atoms with Crippen molar-refractivity contribution in [1.82, 2.24) is 14.7 Å². The Morgan fingerprint density at radius 2 is 1.74 bits per heavy atom. The molecule has 2 saturated heterocycles. The molecule has 0 N–H and O–H groups in total. The third-order valence-electron chi connectivity index (χ3n) is 5.40. The molecule has 0 saturated carbocycles. The van der Waals surface area contributed by atoms with Gasteiger partial charge in [0.2, 0.25) is 0 Å². The minimum Gasteiger partial charge on any atom is -0.305 e. The second kappa shape index (κ2) is 8.61. The maximum absolute atomic E-state index is 2.67. The summed E-state index contributed by atoms with van der Waals surface area (Å²) in [6.45, 7) is 7.39. The fraction of sp³-hybridized carbons (Fsp3) is 0.789. The molecule has 0 radical (unpaired) electrons. The molecule has 2 aliphatic rings. The molecule has 0 aromatic carbocycles. The van der Waals surface area contributed by atoms with E-state index in [9.17, 15) is 0 Å². The highest BCUT2D eigenvalue weighted by molar-refractivity contribution is 7.10. The summed E-state index contributed by atoms with van der Waals surface area (Å²) in [6, 6.07) is 3.19. The average Bonchev–Trinajstić information content (AvgIpc) is 2.83. The van der Waals surface area contributed by atoms with Gasteiger partial charge in [0, 0.05) is 30.6 Å². The summed E-state index contributed by atoms with van der Waals surface area (Å²) in [7, 11) is 4.46. The highest BCUT2D eigenvalue weighted by Crippen LogP contribution is 2.22. The number of rotatable bonds is 5. The Labute approximate surface area is 146 Å². The largest absolute Gasteiger partial charge is 0.305 e. The Morgan fingerprint density at radius 1 is 1.00 bits per heavy atom. The van der Waals surface area contributed by atoms with Crippen molar-refractivity contribution >= 4 is 11.3 Å². The molecule has 2 fully saturated rings. The van der Waals surface area contributed by atoms with Crippen molar-refractivity contribution in [3.8, 4) is 0 Å². The van der Waals surface area contributed by atoms with E-state index in [0.29, 0.717) is 0 Å². The first kappa shape index (κ1) is 17.4. The maximum atomic E-state index is 2.67. The molecule has 0 aliphatic carbocycles. The van der Waals surface area contributed by atoms with Crippen LogP contribution in [0.2, 0.25) is 0 Å². The maximum Gasteiger partial charge on any atom is 0.0328 e. The molecule has 1 aromatic heterocycles. The van der Waals surface area contributed by atoms with Crippen LogP contribution in [0, 0.1) is 0 Å². The van der Waals surface area contributed by atoms with Gasteiger partial charge in [-0.2, -0.15) is 0 Å². The molecule has 2 aliphatic heterocycles. The van der Waals surface area contributed by atoms with Gasteiger partial charge in [0.25, 0.3) is 0 Å². The van der Waals surface area contributed by atoms with E-state index in [2.05, 4.69) is 40.2 Å². The molecule has 0 unspecified atom stereocenters. The van der Waals surface area contributed by atoms with Gasteiger partial charge in [0.1, 0.15) is 0 Å². The topological polar surface area (TPSA) is 9.72 Å². The monoisotopic (exact) mass is 335 g/mol. The minimum absolute atomic E-state index is 0.727. The van der Waals surface area contributed by atoms with Crippen LogP contribution in [-0.4, -0.2) is 61.0 Å². The predicted octanol–water partition coefficient (Wildman–Crippen LogP) is 3.65. The van der Waals surface area contributed by atoms with E-state index in [4.69, 9.17) is 0 Å². The van der Waals surface area contributed by atoms with Crippen LogP contribution in [0.1, 0.15) is 49.0 Å². The number of nitrogens with zero attached hydrogens (tertiary/aromatic N) is 3. The van der Waals surface area contributed by atoms with Crippen molar-refractivity contribution in [2.24, 2.45) is 0 Å². The summed E-state index contributed by atoms with van der Waals surface area (Å²) in [6.07, 6.45) is 8.29. The van der Waals surface area contributed by atoms with Crippen LogP contribution in [0.15, 0.2) is 11.4 Å². The molecule has 0 spiro atoms. The van der Waals surface area contributed by atoms with Gasteiger partial charge in [-0.05, 0) is 76.4 Å². The summed E-state index contributed by atoms with van der Waals surface area (Å²) in [5.41, 5.74) is 1.53. The molecule has 23 heavy (non-hydrogen) atoms. The fourth-order valence-corrected chi connectivity index (χ4v) is 4.87. The quantitative estimate of drug-likeness (QED) is 0.813. The zero-order valence-electron chi connectivity index (χ0n) is 15.0. The van der Waals surface area contributed by atoms with E-state index in [0.717, 1.165) is 19.1 Å². The Bertz CT molecular complexity index is 465. The first-order valence-corrected chi connectivity index (χ1v) is 10.3. The molecule has 0 bridgehead atoms. The van der Waals surface area contributed by atoms with Crippen LogP contribution >= 0.6 is 11.3 Å². The number of likely N-dealkylation sites (N-methyl/N-ethyl adjacent to an activating group) is 1. The van der Waals surface area contributed by atoms with Gasteiger partial charge < -0.3 is 4.90 Å². The highest BCUT2D eigenvalue weighted by Gasteiger charge is 2.20. The van der Waals surface area contributed by atoms with E-state index >= 15 is 0 Å². The van der Waals surface area contributed by atoms with Crippen molar-refractivity contribution in [2.75, 3.05) is 40.3 Å². The third-order valence-corrected chi connectivity index (χ3v) is 6.37. The highest BCUT2D eigenvalue weighted by atomic mass is 32.1. The molecule has 130 valence electrons. The third kappa shape index (κ3) is 5.28. The second-order valence-corrected chi connectivity index (χ2v) is 8.60. The van der Waals surface area contributed by atoms with Gasteiger partial charge in [0.15, 0.2) is 0 Å². The van der Waals surface area contributed by atoms with Crippen molar-refractivity contribution in [3.05, 3.63) is 21.9 Å². The zero-order chi connectivity index (χ0) is 16.1. The smallest absolute Gasteiger partial charge is 0.0328 e. The molecule has 3 heterocycles. The van der Waals surface area contributed by atoms with E-state index in [1.807, 2.05) is 11.3 Å². The van der Waals surface area contributed by atoms with E-state index in [1.54, 1.807) is 4.88 Å². The van der Waals surface area contributed by atoms with Crippen LogP contribution in [0.5, 0.6) is 0 Å². The lowest BCUT2D eigenvalue weighted by Crippen LogP contribution is -2.38. The molecular formula is C19H33N3S. The number of piperidine rings is 1.